The Bertz CT molecular complexity index is 616. The van der Waals surface area contributed by atoms with Crippen molar-refractivity contribution < 1.29 is 4.79 Å². The van der Waals surface area contributed by atoms with Gasteiger partial charge in [-0.3, -0.25) is 9.78 Å². The fourth-order valence-corrected chi connectivity index (χ4v) is 1.95. The molecule has 19 heavy (non-hydrogen) atoms. The smallest absolute Gasteiger partial charge is 0.254 e. The molecule has 0 aliphatic heterocycles. The number of nitrogens with zero attached hydrogens (tertiary/aromatic N) is 3. The molecule has 0 spiro atoms. The maximum atomic E-state index is 11.3. The lowest BCUT2D eigenvalue weighted by Gasteiger charge is -2.10. The van der Waals surface area contributed by atoms with Gasteiger partial charge in [-0.2, -0.15) is 0 Å². The van der Waals surface area contributed by atoms with E-state index >= 15 is 0 Å². The molecule has 2 aromatic heterocycles. The molecule has 0 aliphatic carbocycles. The molecule has 0 saturated heterocycles. The molecule has 0 atom stereocenters. The molecular formula is C13H15N5O. The minimum absolute atomic E-state index is 0.105. The van der Waals surface area contributed by atoms with Crippen LogP contribution in [0.1, 0.15) is 28.5 Å². The molecule has 6 nitrogen and oxygen atoms in total. The van der Waals surface area contributed by atoms with Gasteiger partial charge in [-0.05, 0) is 25.0 Å². The van der Waals surface area contributed by atoms with E-state index in [1.165, 1.54) is 0 Å². The number of carbonyl (C=O) groups excluding carboxylic acids is 1. The lowest BCUT2D eigenvalue weighted by atomic mass is 10.1. The third-order valence-corrected chi connectivity index (χ3v) is 2.89. The molecule has 4 N–H and O–H groups in total. The molecule has 0 aliphatic rings. The zero-order chi connectivity index (χ0) is 14.0. The molecular weight excluding hydrogens is 242 g/mol. The predicted molar refractivity (Wildman–Crippen MR) is 72.3 cm³/mol. The summed E-state index contributed by atoms with van der Waals surface area (Å²) in [4.78, 5) is 23.8. The molecule has 2 rings (SSSR count). The normalized spacial score (nSPS) is 10.4. The minimum Gasteiger partial charge on any atom is -0.383 e. The number of primary amides is 1. The number of aromatic nitrogens is 3. The molecule has 6 heteroatoms. The van der Waals surface area contributed by atoms with Crippen molar-refractivity contribution in [2.45, 2.75) is 20.3 Å². The van der Waals surface area contributed by atoms with Crippen LogP contribution in [0.2, 0.25) is 0 Å². The number of rotatable bonds is 3. The zero-order valence-corrected chi connectivity index (χ0v) is 10.8. The first kappa shape index (κ1) is 12.9. The highest BCUT2D eigenvalue weighted by molar-refractivity contribution is 5.98. The van der Waals surface area contributed by atoms with Crippen LogP contribution in [0.3, 0.4) is 0 Å². The van der Waals surface area contributed by atoms with E-state index in [-0.39, 0.29) is 11.4 Å². The number of carbonyl (C=O) groups is 1. The summed E-state index contributed by atoms with van der Waals surface area (Å²) >= 11 is 0. The number of aryl methyl sites for hydroxylation is 2. The second-order valence-corrected chi connectivity index (χ2v) is 4.14. The quantitative estimate of drug-likeness (QED) is 0.855. The predicted octanol–water partition coefficient (Wildman–Crippen LogP) is 1.09. The highest BCUT2D eigenvalue weighted by Crippen LogP contribution is 2.23. The van der Waals surface area contributed by atoms with Crippen molar-refractivity contribution >= 4 is 11.7 Å². The lowest BCUT2D eigenvalue weighted by Crippen LogP contribution is -2.18. The SMILES string of the molecule is CCc1cnccc1-c1nc(C)c(C(N)=O)c(N)n1. The summed E-state index contributed by atoms with van der Waals surface area (Å²) in [5.41, 5.74) is 13.6. The van der Waals surface area contributed by atoms with E-state index in [1.807, 2.05) is 13.0 Å². The summed E-state index contributed by atoms with van der Waals surface area (Å²) in [5, 5.41) is 0. The Hall–Kier alpha value is -2.50. The number of pyridine rings is 1. The Morgan fingerprint density at radius 1 is 1.37 bits per heavy atom. The van der Waals surface area contributed by atoms with Crippen LogP contribution in [0.5, 0.6) is 0 Å². The molecule has 0 bridgehead atoms. The second kappa shape index (κ2) is 5.01. The summed E-state index contributed by atoms with van der Waals surface area (Å²) in [7, 11) is 0. The Kier molecular flexibility index (Phi) is 3.41. The summed E-state index contributed by atoms with van der Waals surface area (Å²) in [5.74, 6) is -0.0277. The maximum absolute atomic E-state index is 11.3. The van der Waals surface area contributed by atoms with Gasteiger partial charge in [-0.1, -0.05) is 6.92 Å². The average Bonchev–Trinajstić information content (AvgIpc) is 2.37. The van der Waals surface area contributed by atoms with E-state index in [9.17, 15) is 4.79 Å². The number of anilines is 1. The summed E-state index contributed by atoms with van der Waals surface area (Å²) in [6, 6.07) is 1.83. The number of hydrogen-bond acceptors (Lipinski definition) is 5. The summed E-state index contributed by atoms with van der Waals surface area (Å²) in [6.45, 7) is 3.71. The van der Waals surface area contributed by atoms with Gasteiger partial charge in [-0.15, -0.1) is 0 Å². The van der Waals surface area contributed by atoms with Crippen molar-refractivity contribution in [2.75, 3.05) is 5.73 Å². The molecule has 0 radical (unpaired) electrons. The average molecular weight is 257 g/mol. The summed E-state index contributed by atoms with van der Waals surface area (Å²) < 4.78 is 0. The van der Waals surface area contributed by atoms with E-state index in [0.29, 0.717) is 11.5 Å². The number of nitrogen functional groups attached to an aromatic ring is 1. The first-order chi connectivity index (χ1) is 9.04. The Labute approximate surface area is 110 Å². The van der Waals surface area contributed by atoms with Gasteiger partial charge in [0.05, 0.1) is 5.69 Å². The van der Waals surface area contributed by atoms with E-state index in [4.69, 9.17) is 11.5 Å². The number of amides is 1. The van der Waals surface area contributed by atoms with Gasteiger partial charge in [0.25, 0.3) is 5.91 Å². The van der Waals surface area contributed by atoms with Crippen LogP contribution >= 0.6 is 0 Å². The van der Waals surface area contributed by atoms with Crippen molar-refractivity contribution in [3.05, 3.63) is 35.3 Å². The highest BCUT2D eigenvalue weighted by Gasteiger charge is 2.16. The summed E-state index contributed by atoms with van der Waals surface area (Å²) in [6.07, 6.45) is 4.25. The molecule has 0 saturated carbocycles. The van der Waals surface area contributed by atoms with Crippen LogP contribution in [0.25, 0.3) is 11.4 Å². The largest absolute Gasteiger partial charge is 0.383 e. The van der Waals surface area contributed by atoms with E-state index in [2.05, 4.69) is 15.0 Å². The number of nitrogens with two attached hydrogens (primary N) is 2. The fraction of sp³-hybridized carbons (Fsp3) is 0.231. The Morgan fingerprint density at radius 3 is 2.68 bits per heavy atom. The number of hydrogen-bond donors (Lipinski definition) is 2. The standard InChI is InChI=1S/C13H15N5O/c1-3-8-6-16-5-4-9(8)13-17-7(2)10(12(15)19)11(14)18-13/h4-6H,3H2,1-2H3,(H2,15,19)(H2,14,17,18). The van der Waals surface area contributed by atoms with Crippen LogP contribution in [0, 0.1) is 6.92 Å². The third-order valence-electron chi connectivity index (χ3n) is 2.89. The van der Waals surface area contributed by atoms with E-state index in [1.54, 1.807) is 19.3 Å². The topological polar surface area (TPSA) is 108 Å². The van der Waals surface area contributed by atoms with Crippen molar-refractivity contribution in [1.82, 2.24) is 15.0 Å². The molecule has 0 aromatic carbocycles. The first-order valence-electron chi connectivity index (χ1n) is 5.91. The van der Waals surface area contributed by atoms with Gasteiger partial charge >= 0.3 is 0 Å². The van der Waals surface area contributed by atoms with E-state index < -0.39 is 5.91 Å². The van der Waals surface area contributed by atoms with Gasteiger partial charge < -0.3 is 11.5 Å². The molecule has 2 aromatic rings. The van der Waals surface area contributed by atoms with Gasteiger partial charge in [0.15, 0.2) is 5.82 Å². The van der Waals surface area contributed by atoms with Gasteiger partial charge in [-0.25, -0.2) is 9.97 Å². The highest BCUT2D eigenvalue weighted by atomic mass is 16.1. The molecule has 1 amide bonds. The van der Waals surface area contributed by atoms with Crippen molar-refractivity contribution in [2.24, 2.45) is 5.73 Å². The molecule has 0 unspecified atom stereocenters. The molecule has 98 valence electrons. The molecule has 0 fully saturated rings. The lowest BCUT2D eigenvalue weighted by molar-refractivity contribution is 0.1000. The van der Waals surface area contributed by atoms with Gasteiger partial charge in [0.1, 0.15) is 11.4 Å². The Balaban J connectivity index is 2.62. The first-order valence-corrected chi connectivity index (χ1v) is 5.91. The van der Waals surface area contributed by atoms with Crippen molar-refractivity contribution in [3.8, 4) is 11.4 Å². The van der Waals surface area contributed by atoms with Crippen LogP contribution < -0.4 is 11.5 Å². The zero-order valence-electron chi connectivity index (χ0n) is 10.8. The fourth-order valence-electron chi connectivity index (χ4n) is 1.95. The monoisotopic (exact) mass is 257 g/mol. The van der Waals surface area contributed by atoms with Crippen molar-refractivity contribution in [1.29, 1.82) is 0 Å². The molecule has 2 heterocycles. The van der Waals surface area contributed by atoms with Gasteiger partial charge in [0, 0.05) is 18.0 Å². The van der Waals surface area contributed by atoms with Crippen LogP contribution in [0.4, 0.5) is 5.82 Å². The van der Waals surface area contributed by atoms with E-state index in [0.717, 1.165) is 17.5 Å². The second-order valence-electron chi connectivity index (χ2n) is 4.14. The maximum Gasteiger partial charge on any atom is 0.254 e. The minimum atomic E-state index is -0.619. The van der Waals surface area contributed by atoms with Crippen LogP contribution in [0.15, 0.2) is 18.5 Å². The van der Waals surface area contributed by atoms with Crippen molar-refractivity contribution in [3.63, 3.8) is 0 Å². The van der Waals surface area contributed by atoms with Gasteiger partial charge in [0.2, 0.25) is 0 Å². The third kappa shape index (κ3) is 2.37. The van der Waals surface area contributed by atoms with Crippen LogP contribution in [-0.2, 0) is 6.42 Å². The Morgan fingerprint density at radius 2 is 2.11 bits per heavy atom. The van der Waals surface area contributed by atoms with Crippen LogP contribution in [-0.4, -0.2) is 20.9 Å².